The quantitative estimate of drug-likeness (QED) is 0.458. The molecule has 0 saturated heterocycles. The highest BCUT2D eigenvalue weighted by molar-refractivity contribution is 14.1. The van der Waals surface area contributed by atoms with E-state index < -0.39 is 33.0 Å². The first-order chi connectivity index (χ1) is 6.28. The molecule has 0 heterocycles. The number of aliphatic carboxylic acids is 1. The third-order valence-electron chi connectivity index (χ3n) is 1.66. The van der Waals surface area contributed by atoms with Crippen LogP contribution < -0.4 is 0 Å². The molecule has 1 aliphatic rings. The van der Waals surface area contributed by atoms with Gasteiger partial charge in [-0.1, -0.05) is 0 Å². The fraction of sp³-hybridized carbons (Fsp3) is 0.286. The van der Waals surface area contributed by atoms with Gasteiger partial charge in [-0.3, -0.25) is 4.79 Å². The highest BCUT2D eigenvalue weighted by Crippen LogP contribution is 2.47. The number of allylic oxidation sites excluding steroid dienone is 3. The molecule has 0 radical (unpaired) electrons. The Bertz CT molecular complexity index is 348. The average molecular weight is 322 g/mol. The largest absolute Gasteiger partial charge is 0.481 e. The molecular weight excluding hydrogens is 319 g/mol. The van der Waals surface area contributed by atoms with Crippen LogP contribution in [0.15, 0.2) is 23.6 Å². The Morgan fingerprint density at radius 1 is 1.50 bits per heavy atom. The van der Waals surface area contributed by atoms with E-state index in [-0.39, 0.29) is 6.08 Å². The minimum atomic E-state index is -3.08. The number of carbonyl (C=O) groups is 1. The predicted octanol–water partition coefficient (Wildman–Crippen LogP) is 2.81. The molecule has 0 saturated carbocycles. The molecule has 78 valence electrons. The highest BCUT2D eigenvalue weighted by Gasteiger charge is 2.52. The van der Waals surface area contributed by atoms with Crippen LogP contribution in [0.3, 0.4) is 0 Å². The number of carboxylic acids is 1. The Morgan fingerprint density at radius 3 is 2.43 bits per heavy atom. The summed E-state index contributed by atoms with van der Waals surface area (Å²) in [6.07, 6.45) is 0.00120. The lowest BCUT2D eigenvalue weighted by Gasteiger charge is -2.25. The molecule has 1 N–H and O–H groups in total. The summed E-state index contributed by atoms with van der Waals surface area (Å²) in [6, 6.07) is 0. The fourth-order valence-electron chi connectivity index (χ4n) is 0.975. The monoisotopic (exact) mass is 322 g/mol. The summed E-state index contributed by atoms with van der Waals surface area (Å²) < 4.78 is 48.4. The van der Waals surface area contributed by atoms with Gasteiger partial charge in [-0.15, -0.1) is 0 Å². The molecule has 14 heavy (non-hydrogen) atoms. The molecule has 0 aromatic rings. The van der Waals surface area contributed by atoms with Crippen LogP contribution in [-0.2, 0) is 4.79 Å². The molecule has 1 aliphatic carbocycles. The molecule has 2 unspecified atom stereocenters. The Hall–Kier alpha value is -0.600. The van der Waals surface area contributed by atoms with Crippen LogP contribution in [0, 0.1) is 5.92 Å². The molecule has 2 atom stereocenters. The van der Waals surface area contributed by atoms with Gasteiger partial charge >= 0.3 is 5.97 Å². The van der Waals surface area contributed by atoms with Crippen LogP contribution in [0.4, 0.5) is 17.6 Å². The van der Waals surface area contributed by atoms with E-state index >= 15 is 0 Å². The summed E-state index contributed by atoms with van der Waals surface area (Å²) in [5.41, 5.74) is 0. The summed E-state index contributed by atoms with van der Waals surface area (Å²) in [7, 11) is 0. The Morgan fingerprint density at radius 2 is 2.00 bits per heavy atom. The van der Waals surface area contributed by atoms with Crippen molar-refractivity contribution < 1.29 is 27.5 Å². The van der Waals surface area contributed by atoms with Gasteiger partial charge in [0.15, 0.2) is 23.4 Å². The maximum Gasteiger partial charge on any atom is 0.318 e. The molecule has 7 heteroatoms. The number of hydrogen-bond donors (Lipinski definition) is 1. The summed E-state index contributed by atoms with van der Waals surface area (Å²) in [4.78, 5) is 10.4. The second-order valence-corrected chi connectivity index (χ2v) is 4.15. The molecule has 0 aromatic heterocycles. The van der Waals surface area contributed by atoms with Crippen molar-refractivity contribution in [2.45, 2.75) is 3.68 Å². The summed E-state index contributed by atoms with van der Waals surface area (Å²) in [5.74, 6) is -9.59. The zero-order valence-electron chi connectivity index (χ0n) is 6.40. The molecule has 0 bridgehead atoms. The molecule has 1 rings (SSSR count). The third kappa shape index (κ3) is 1.64. The smallest absolute Gasteiger partial charge is 0.318 e. The second kappa shape index (κ2) is 3.52. The lowest BCUT2D eigenvalue weighted by Crippen LogP contribution is -2.36. The zero-order chi connectivity index (χ0) is 11.1. The van der Waals surface area contributed by atoms with Crippen molar-refractivity contribution in [3.63, 3.8) is 0 Å². The molecule has 0 aliphatic heterocycles. The van der Waals surface area contributed by atoms with E-state index in [0.29, 0.717) is 0 Å². The Balaban J connectivity index is 3.29. The summed E-state index contributed by atoms with van der Waals surface area (Å²) in [6.45, 7) is 0. The normalized spacial score (nSPS) is 32.9. The van der Waals surface area contributed by atoms with Gasteiger partial charge in [-0.05, 0) is 22.6 Å². The number of carboxylic acid groups (broad SMARTS) is 1. The fourth-order valence-corrected chi connectivity index (χ4v) is 1.67. The van der Waals surface area contributed by atoms with Crippen LogP contribution in [0.1, 0.15) is 0 Å². The zero-order valence-corrected chi connectivity index (χ0v) is 8.56. The van der Waals surface area contributed by atoms with E-state index in [0.717, 1.165) is 22.6 Å². The Kier molecular flexibility index (Phi) is 2.88. The van der Waals surface area contributed by atoms with Crippen LogP contribution in [0.2, 0.25) is 0 Å². The van der Waals surface area contributed by atoms with Crippen molar-refractivity contribution in [1.29, 1.82) is 0 Å². The standard InChI is InChI=1S/C7H3F4IO2/c8-2-1-3(9)7(11,12)4(5(2)10)6(13)14/h1,4H,(H,13,14). The summed E-state index contributed by atoms with van der Waals surface area (Å²) in [5, 5.41) is 8.40. The van der Waals surface area contributed by atoms with Gasteiger partial charge in [0.25, 0.3) is 0 Å². The van der Waals surface area contributed by atoms with Crippen LogP contribution in [-0.4, -0.2) is 14.8 Å². The molecular formula is C7H3F4IO2. The maximum absolute atomic E-state index is 13.3. The predicted molar refractivity (Wildman–Crippen MR) is 47.4 cm³/mol. The molecule has 0 fully saturated rings. The lowest BCUT2D eigenvalue weighted by molar-refractivity contribution is -0.143. The van der Waals surface area contributed by atoms with Crippen molar-refractivity contribution in [2.24, 2.45) is 5.92 Å². The van der Waals surface area contributed by atoms with Crippen molar-refractivity contribution in [3.8, 4) is 0 Å². The minimum absolute atomic E-state index is 0.00120. The van der Waals surface area contributed by atoms with E-state index in [1.54, 1.807) is 0 Å². The number of alkyl halides is 2. The molecule has 0 amide bonds. The highest BCUT2D eigenvalue weighted by atomic mass is 127. The first-order valence-electron chi connectivity index (χ1n) is 3.32. The van der Waals surface area contributed by atoms with Crippen molar-refractivity contribution in [1.82, 2.24) is 0 Å². The van der Waals surface area contributed by atoms with Gasteiger partial charge in [0, 0.05) is 6.08 Å². The Labute approximate surface area is 89.4 Å². The van der Waals surface area contributed by atoms with Crippen LogP contribution in [0.25, 0.3) is 0 Å². The van der Waals surface area contributed by atoms with E-state index in [9.17, 15) is 22.4 Å². The average Bonchev–Trinajstić information content (AvgIpc) is 2.00. The van der Waals surface area contributed by atoms with Gasteiger partial charge < -0.3 is 5.11 Å². The van der Waals surface area contributed by atoms with Gasteiger partial charge in [-0.2, -0.15) is 0 Å². The molecule has 2 nitrogen and oxygen atoms in total. The maximum atomic E-state index is 13.3. The van der Waals surface area contributed by atoms with E-state index in [1.165, 1.54) is 0 Å². The van der Waals surface area contributed by atoms with Gasteiger partial charge in [0.05, 0.1) is 0 Å². The van der Waals surface area contributed by atoms with E-state index in [1.807, 2.05) is 0 Å². The van der Waals surface area contributed by atoms with Gasteiger partial charge in [0.1, 0.15) is 0 Å². The van der Waals surface area contributed by atoms with Crippen molar-refractivity contribution in [3.05, 3.63) is 23.6 Å². The van der Waals surface area contributed by atoms with E-state index in [4.69, 9.17) is 5.11 Å². The SMILES string of the molecule is O=C(O)C1C(F)=C(F)C=C(F)C1(F)I. The topological polar surface area (TPSA) is 37.3 Å². The molecule has 0 spiro atoms. The summed E-state index contributed by atoms with van der Waals surface area (Å²) >= 11 is 0.788. The number of hydrogen-bond acceptors (Lipinski definition) is 1. The minimum Gasteiger partial charge on any atom is -0.481 e. The van der Waals surface area contributed by atoms with Gasteiger partial charge in [0.2, 0.25) is 3.68 Å². The van der Waals surface area contributed by atoms with Crippen molar-refractivity contribution >= 4 is 28.6 Å². The van der Waals surface area contributed by atoms with Crippen LogP contribution >= 0.6 is 22.6 Å². The van der Waals surface area contributed by atoms with Crippen LogP contribution in [0.5, 0.6) is 0 Å². The first kappa shape index (κ1) is 11.5. The first-order valence-corrected chi connectivity index (χ1v) is 4.39. The number of halogens is 5. The van der Waals surface area contributed by atoms with Gasteiger partial charge in [-0.25, -0.2) is 17.6 Å². The van der Waals surface area contributed by atoms with E-state index in [2.05, 4.69) is 0 Å². The van der Waals surface area contributed by atoms with Crippen molar-refractivity contribution in [2.75, 3.05) is 0 Å². The third-order valence-corrected chi connectivity index (χ3v) is 2.80. The molecule has 0 aromatic carbocycles. The number of rotatable bonds is 1. The lowest BCUT2D eigenvalue weighted by atomic mass is 9.96. The second-order valence-electron chi connectivity index (χ2n) is 2.58.